The number of furan rings is 1. The Balaban J connectivity index is 1.44. The number of amides is 1. The molecule has 6 heteroatoms. The van der Waals surface area contributed by atoms with Crippen LogP contribution < -0.4 is 10.9 Å². The van der Waals surface area contributed by atoms with Gasteiger partial charge >= 0.3 is 0 Å². The predicted molar refractivity (Wildman–Crippen MR) is 118 cm³/mol. The number of hydrogen-bond donors (Lipinski definition) is 1. The van der Waals surface area contributed by atoms with Crippen LogP contribution >= 0.6 is 0 Å². The second-order valence-electron chi connectivity index (χ2n) is 8.10. The lowest BCUT2D eigenvalue weighted by molar-refractivity contribution is 0.0909. The first-order chi connectivity index (χ1) is 14.6. The molecular formula is C24H29N3O3. The zero-order valence-electron chi connectivity index (χ0n) is 17.7. The van der Waals surface area contributed by atoms with Crippen molar-refractivity contribution in [2.24, 2.45) is 0 Å². The molecule has 6 nitrogen and oxygen atoms in total. The number of piperidine rings is 1. The molecule has 1 N–H and O–H groups in total. The molecule has 0 saturated carbocycles. The van der Waals surface area contributed by atoms with Crippen LogP contribution in [0.1, 0.15) is 47.9 Å². The second-order valence-corrected chi connectivity index (χ2v) is 8.10. The van der Waals surface area contributed by atoms with Crippen LogP contribution in [0.3, 0.4) is 0 Å². The van der Waals surface area contributed by atoms with Crippen LogP contribution in [0.25, 0.3) is 11.0 Å². The van der Waals surface area contributed by atoms with Gasteiger partial charge in [-0.25, -0.2) is 0 Å². The van der Waals surface area contributed by atoms with Crippen LogP contribution in [-0.2, 0) is 13.1 Å². The van der Waals surface area contributed by atoms with E-state index in [1.54, 1.807) is 23.8 Å². The van der Waals surface area contributed by atoms with Gasteiger partial charge in [0.1, 0.15) is 11.3 Å². The Labute approximate surface area is 176 Å². The van der Waals surface area contributed by atoms with Crippen LogP contribution in [0.4, 0.5) is 0 Å². The summed E-state index contributed by atoms with van der Waals surface area (Å²) in [6.07, 6.45) is 4.38. The highest BCUT2D eigenvalue weighted by Crippen LogP contribution is 2.23. The fourth-order valence-corrected chi connectivity index (χ4v) is 4.29. The average Bonchev–Trinajstić information content (AvgIpc) is 3.09. The third kappa shape index (κ3) is 4.19. The minimum atomic E-state index is -0.209. The van der Waals surface area contributed by atoms with Crippen molar-refractivity contribution in [2.75, 3.05) is 13.1 Å². The van der Waals surface area contributed by atoms with Gasteiger partial charge in [-0.3, -0.25) is 14.5 Å². The molecule has 0 radical (unpaired) electrons. The van der Waals surface area contributed by atoms with Crippen molar-refractivity contribution in [2.45, 2.75) is 52.2 Å². The van der Waals surface area contributed by atoms with E-state index in [0.717, 1.165) is 38.9 Å². The molecule has 30 heavy (non-hydrogen) atoms. The molecule has 1 aliphatic heterocycles. The van der Waals surface area contributed by atoms with Gasteiger partial charge in [-0.2, -0.15) is 0 Å². The number of carbonyl (C=O) groups is 1. The molecule has 1 saturated heterocycles. The maximum atomic E-state index is 13.1. The molecule has 0 atom stereocenters. The molecule has 1 aliphatic rings. The van der Waals surface area contributed by atoms with Gasteiger partial charge in [0.05, 0.1) is 10.9 Å². The van der Waals surface area contributed by atoms with Crippen molar-refractivity contribution in [3.8, 4) is 0 Å². The number of rotatable bonds is 6. The number of likely N-dealkylation sites (tertiary alicyclic amines) is 1. The summed E-state index contributed by atoms with van der Waals surface area (Å²) in [4.78, 5) is 28.4. The summed E-state index contributed by atoms with van der Waals surface area (Å²) in [6.45, 7) is 7.21. The van der Waals surface area contributed by atoms with Gasteiger partial charge < -0.3 is 14.3 Å². The monoisotopic (exact) mass is 407 g/mol. The maximum absolute atomic E-state index is 13.1. The maximum Gasteiger partial charge on any atom is 0.262 e. The lowest BCUT2D eigenvalue weighted by Gasteiger charge is -2.32. The predicted octanol–water partition coefficient (Wildman–Crippen LogP) is 3.71. The Kier molecular flexibility index (Phi) is 6.04. The molecule has 4 rings (SSSR count). The highest BCUT2D eigenvalue weighted by molar-refractivity contribution is 6.07. The quantitative estimate of drug-likeness (QED) is 0.676. The molecule has 3 aromatic rings. The van der Waals surface area contributed by atoms with Gasteiger partial charge in [-0.15, -0.1) is 0 Å². The third-order valence-corrected chi connectivity index (χ3v) is 5.86. The molecular weight excluding hydrogens is 378 g/mol. The molecule has 0 bridgehead atoms. The third-order valence-electron chi connectivity index (χ3n) is 5.86. The van der Waals surface area contributed by atoms with Crippen molar-refractivity contribution in [1.82, 2.24) is 14.8 Å². The van der Waals surface area contributed by atoms with E-state index in [0.29, 0.717) is 28.8 Å². The highest BCUT2D eigenvalue weighted by atomic mass is 16.3. The summed E-state index contributed by atoms with van der Waals surface area (Å²) >= 11 is 0. The topological polar surface area (TPSA) is 67.5 Å². The van der Waals surface area contributed by atoms with E-state index in [4.69, 9.17) is 4.42 Å². The smallest absolute Gasteiger partial charge is 0.262 e. The number of nitrogens with one attached hydrogen (secondary N) is 1. The normalized spacial score (nSPS) is 15.5. The first-order valence-electron chi connectivity index (χ1n) is 10.8. The molecule has 1 fully saturated rings. The van der Waals surface area contributed by atoms with E-state index in [1.807, 2.05) is 13.0 Å². The molecule has 3 heterocycles. The lowest BCUT2D eigenvalue weighted by Crippen LogP contribution is -2.44. The molecule has 0 unspecified atom stereocenters. The van der Waals surface area contributed by atoms with E-state index < -0.39 is 0 Å². The van der Waals surface area contributed by atoms with Gasteiger partial charge in [-0.1, -0.05) is 37.3 Å². The van der Waals surface area contributed by atoms with E-state index in [9.17, 15) is 9.59 Å². The Morgan fingerprint density at radius 2 is 1.90 bits per heavy atom. The fourth-order valence-electron chi connectivity index (χ4n) is 4.29. The summed E-state index contributed by atoms with van der Waals surface area (Å²) in [5.74, 6) is 0.287. The summed E-state index contributed by atoms with van der Waals surface area (Å²) < 4.78 is 7.37. The number of aryl methyl sites for hydroxylation is 2. The van der Waals surface area contributed by atoms with Crippen LogP contribution in [-0.4, -0.2) is 34.5 Å². The molecule has 158 valence electrons. The van der Waals surface area contributed by atoms with Gasteiger partial charge in [0.15, 0.2) is 0 Å². The number of carbonyl (C=O) groups excluding carboxylic acids is 1. The number of nitrogens with zero attached hydrogens (tertiary/aromatic N) is 2. The molecule has 0 spiro atoms. The zero-order chi connectivity index (χ0) is 21.1. The number of fused-ring (bicyclic) bond motifs is 1. The summed E-state index contributed by atoms with van der Waals surface area (Å²) in [5.41, 5.74) is 2.01. The van der Waals surface area contributed by atoms with Crippen molar-refractivity contribution >= 4 is 16.9 Å². The van der Waals surface area contributed by atoms with E-state index in [1.165, 1.54) is 5.56 Å². The average molecular weight is 408 g/mol. The minimum absolute atomic E-state index is 0.107. The number of hydrogen-bond acceptors (Lipinski definition) is 4. The SMILES string of the molecule is CCCn1ccc2oc(C)c(C(=O)NC3CCN(Cc4ccccc4)CC3)c2c1=O. The van der Waals surface area contributed by atoms with Crippen molar-refractivity contribution in [3.63, 3.8) is 0 Å². The first kappa shape index (κ1) is 20.4. The first-order valence-corrected chi connectivity index (χ1v) is 10.8. The van der Waals surface area contributed by atoms with Crippen molar-refractivity contribution in [3.05, 3.63) is 69.8 Å². The summed E-state index contributed by atoms with van der Waals surface area (Å²) in [6, 6.07) is 12.3. The zero-order valence-corrected chi connectivity index (χ0v) is 17.7. The molecule has 1 amide bonds. The van der Waals surface area contributed by atoms with Crippen LogP contribution in [0, 0.1) is 6.92 Å². The number of pyridine rings is 1. The lowest BCUT2D eigenvalue weighted by atomic mass is 10.0. The molecule has 1 aromatic carbocycles. The Morgan fingerprint density at radius 1 is 1.17 bits per heavy atom. The molecule has 2 aromatic heterocycles. The van der Waals surface area contributed by atoms with Gasteiger partial charge in [0, 0.05) is 38.4 Å². The van der Waals surface area contributed by atoms with Gasteiger partial charge in [0.25, 0.3) is 11.5 Å². The van der Waals surface area contributed by atoms with Gasteiger partial charge in [0.2, 0.25) is 0 Å². The fraction of sp³-hybridized carbons (Fsp3) is 0.417. The number of aromatic nitrogens is 1. The molecule has 0 aliphatic carbocycles. The Bertz CT molecular complexity index is 1080. The second kappa shape index (κ2) is 8.88. The Morgan fingerprint density at radius 3 is 2.60 bits per heavy atom. The summed E-state index contributed by atoms with van der Waals surface area (Å²) in [7, 11) is 0. The van der Waals surface area contributed by atoms with Crippen LogP contribution in [0.15, 0.2) is 51.8 Å². The Hall–Kier alpha value is -2.86. The highest BCUT2D eigenvalue weighted by Gasteiger charge is 2.26. The largest absolute Gasteiger partial charge is 0.460 e. The van der Waals surface area contributed by atoms with Crippen LogP contribution in [0.2, 0.25) is 0 Å². The van der Waals surface area contributed by atoms with Crippen LogP contribution in [0.5, 0.6) is 0 Å². The van der Waals surface area contributed by atoms with Crippen molar-refractivity contribution < 1.29 is 9.21 Å². The summed E-state index contributed by atoms with van der Waals surface area (Å²) in [5, 5.41) is 3.53. The van der Waals surface area contributed by atoms with Crippen molar-refractivity contribution in [1.29, 1.82) is 0 Å². The van der Waals surface area contributed by atoms with Gasteiger partial charge in [-0.05, 0) is 37.8 Å². The standard InChI is InChI=1S/C24H29N3O3/c1-3-12-27-15-11-20-22(24(27)29)21(17(2)30-20)23(28)25-19-9-13-26(14-10-19)16-18-7-5-4-6-8-18/h4-8,11,15,19H,3,9-10,12-14,16H2,1-2H3,(H,25,28). The van der Waals surface area contributed by atoms with E-state index in [-0.39, 0.29) is 17.5 Å². The number of benzene rings is 1. The van der Waals surface area contributed by atoms with E-state index in [2.05, 4.69) is 34.5 Å². The van der Waals surface area contributed by atoms with E-state index >= 15 is 0 Å². The minimum Gasteiger partial charge on any atom is -0.460 e.